The van der Waals surface area contributed by atoms with Gasteiger partial charge in [0.25, 0.3) is 5.91 Å². The van der Waals surface area contributed by atoms with E-state index in [0.29, 0.717) is 18.7 Å². The van der Waals surface area contributed by atoms with E-state index in [0.717, 1.165) is 10.7 Å². The predicted octanol–water partition coefficient (Wildman–Crippen LogP) is 0.310. The standard InChI is InChI=1S/C9H13N3O2S/c1-5-7(8(10-2)15-11-5)9(14)12-3-6(13)4-12/h6,10,13H,3-4H2,1-2H3. The summed E-state index contributed by atoms with van der Waals surface area (Å²) >= 11 is 1.29. The third-order valence-electron chi connectivity index (χ3n) is 2.45. The van der Waals surface area contributed by atoms with Crippen LogP contribution < -0.4 is 5.32 Å². The number of aliphatic hydroxyl groups excluding tert-OH is 1. The Morgan fingerprint density at radius 1 is 1.67 bits per heavy atom. The lowest BCUT2D eigenvalue weighted by Crippen LogP contribution is -2.53. The fraction of sp³-hybridized carbons (Fsp3) is 0.556. The van der Waals surface area contributed by atoms with Crippen molar-refractivity contribution < 1.29 is 9.90 Å². The Balaban J connectivity index is 2.21. The molecule has 1 amide bonds. The van der Waals surface area contributed by atoms with Crippen LogP contribution in [0, 0.1) is 6.92 Å². The molecule has 1 aliphatic rings. The summed E-state index contributed by atoms with van der Waals surface area (Å²) in [7, 11) is 1.77. The molecule has 5 nitrogen and oxygen atoms in total. The van der Waals surface area contributed by atoms with Crippen molar-refractivity contribution in [2.75, 3.05) is 25.5 Å². The zero-order chi connectivity index (χ0) is 11.0. The zero-order valence-corrected chi connectivity index (χ0v) is 9.47. The normalized spacial score (nSPS) is 16.3. The molecule has 15 heavy (non-hydrogen) atoms. The number of aryl methyl sites for hydroxylation is 1. The Hall–Kier alpha value is -1.14. The maximum absolute atomic E-state index is 12.0. The minimum Gasteiger partial charge on any atom is -0.389 e. The third kappa shape index (κ3) is 1.70. The van der Waals surface area contributed by atoms with Gasteiger partial charge in [0.15, 0.2) is 0 Å². The lowest BCUT2D eigenvalue weighted by atomic mass is 10.1. The Labute approximate surface area is 91.9 Å². The Bertz CT molecular complexity index is 385. The van der Waals surface area contributed by atoms with E-state index in [9.17, 15) is 4.79 Å². The van der Waals surface area contributed by atoms with E-state index in [4.69, 9.17) is 5.11 Å². The van der Waals surface area contributed by atoms with Crippen molar-refractivity contribution in [3.63, 3.8) is 0 Å². The maximum atomic E-state index is 12.0. The van der Waals surface area contributed by atoms with Crippen molar-refractivity contribution in [1.82, 2.24) is 9.27 Å². The highest BCUT2D eigenvalue weighted by molar-refractivity contribution is 7.10. The molecule has 0 atom stereocenters. The number of carbonyl (C=O) groups is 1. The van der Waals surface area contributed by atoms with E-state index in [1.807, 2.05) is 6.92 Å². The van der Waals surface area contributed by atoms with Crippen LogP contribution in [0.15, 0.2) is 0 Å². The average molecular weight is 227 g/mol. The summed E-state index contributed by atoms with van der Waals surface area (Å²) in [6.45, 7) is 2.68. The van der Waals surface area contributed by atoms with Gasteiger partial charge >= 0.3 is 0 Å². The number of aliphatic hydroxyl groups is 1. The minimum absolute atomic E-state index is 0.0455. The highest BCUT2D eigenvalue weighted by atomic mass is 32.1. The fourth-order valence-corrected chi connectivity index (χ4v) is 2.31. The Kier molecular flexibility index (Phi) is 2.62. The number of nitrogens with zero attached hydrogens (tertiary/aromatic N) is 2. The average Bonchev–Trinajstić information content (AvgIpc) is 2.53. The molecule has 2 heterocycles. The molecule has 0 unspecified atom stereocenters. The van der Waals surface area contributed by atoms with Crippen molar-refractivity contribution in [2.45, 2.75) is 13.0 Å². The van der Waals surface area contributed by atoms with Gasteiger partial charge in [-0.25, -0.2) is 0 Å². The number of carbonyl (C=O) groups excluding carboxylic acids is 1. The van der Waals surface area contributed by atoms with Gasteiger partial charge in [0.05, 0.1) is 17.4 Å². The van der Waals surface area contributed by atoms with E-state index in [2.05, 4.69) is 9.69 Å². The Morgan fingerprint density at radius 3 is 2.87 bits per heavy atom. The number of amides is 1. The molecule has 2 N–H and O–H groups in total. The lowest BCUT2D eigenvalue weighted by molar-refractivity contribution is 0.00592. The summed E-state index contributed by atoms with van der Waals surface area (Å²) in [6, 6.07) is 0. The lowest BCUT2D eigenvalue weighted by Gasteiger charge is -2.35. The molecular weight excluding hydrogens is 214 g/mol. The summed E-state index contributed by atoms with van der Waals surface area (Å²) in [5, 5.41) is 12.9. The van der Waals surface area contributed by atoms with Crippen molar-refractivity contribution in [3.8, 4) is 0 Å². The molecule has 1 aliphatic heterocycles. The second-order valence-electron chi connectivity index (χ2n) is 3.59. The smallest absolute Gasteiger partial charge is 0.258 e. The minimum atomic E-state index is -0.362. The first-order valence-electron chi connectivity index (χ1n) is 4.75. The number of anilines is 1. The number of likely N-dealkylation sites (tertiary alicyclic amines) is 1. The molecule has 1 saturated heterocycles. The van der Waals surface area contributed by atoms with Crippen LogP contribution in [0.25, 0.3) is 0 Å². The second kappa shape index (κ2) is 3.79. The molecule has 0 saturated carbocycles. The SMILES string of the molecule is CNc1snc(C)c1C(=O)N1CC(O)C1. The number of aromatic nitrogens is 1. The van der Waals surface area contributed by atoms with Crippen molar-refractivity contribution in [1.29, 1.82) is 0 Å². The first-order chi connectivity index (χ1) is 7.13. The molecule has 1 aromatic rings. The van der Waals surface area contributed by atoms with E-state index in [1.54, 1.807) is 11.9 Å². The van der Waals surface area contributed by atoms with Crippen LogP contribution >= 0.6 is 11.5 Å². The molecular formula is C9H13N3O2S. The first-order valence-corrected chi connectivity index (χ1v) is 5.52. The molecule has 0 aliphatic carbocycles. The molecule has 6 heteroatoms. The molecule has 2 rings (SSSR count). The molecule has 82 valence electrons. The number of hydrogen-bond donors (Lipinski definition) is 2. The van der Waals surface area contributed by atoms with Crippen molar-refractivity contribution in [3.05, 3.63) is 11.3 Å². The van der Waals surface area contributed by atoms with Gasteiger partial charge in [0.1, 0.15) is 5.00 Å². The Morgan fingerprint density at radius 2 is 2.33 bits per heavy atom. The third-order valence-corrected chi connectivity index (χ3v) is 3.41. The number of hydrogen-bond acceptors (Lipinski definition) is 5. The van der Waals surface area contributed by atoms with Crippen LogP contribution in [0.4, 0.5) is 5.00 Å². The largest absolute Gasteiger partial charge is 0.389 e. The fourth-order valence-electron chi connectivity index (χ4n) is 1.57. The van der Waals surface area contributed by atoms with Gasteiger partial charge < -0.3 is 15.3 Å². The molecule has 1 aromatic heterocycles. The van der Waals surface area contributed by atoms with Gasteiger partial charge in [-0.1, -0.05) is 0 Å². The summed E-state index contributed by atoms with van der Waals surface area (Å²) in [6.07, 6.45) is -0.362. The number of rotatable bonds is 2. The number of β-amino-alcohol motifs (C(OH)–C–C–N with tert-alkyl or cyclic N) is 1. The van der Waals surface area contributed by atoms with Gasteiger partial charge in [0.2, 0.25) is 0 Å². The van der Waals surface area contributed by atoms with Crippen LogP contribution in [-0.2, 0) is 0 Å². The van der Waals surface area contributed by atoms with Crippen LogP contribution in [0.5, 0.6) is 0 Å². The van der Waals surface area contributed by atoms with Crippen molar-refractivity contribution >= 4 is 22.4 Å². The van der Waals surface area contributed by atoms with Crippen LogP contribution in [0.1, 0.15) is 16.1 Å². The monoisotopic (exact) mass is 227 g/mol. The summed E-state index contributed by atoms with van der Waals surface area (Å²) in [4.78, 5) is 13.6. The van der Waals surface area contributed by atoms with Gasteiger partial charge in [-0.3, -0.25) is 4.79 Å². The van der Waals surface area contributed by atoms with Gasteiger partial charge in [-0.15, -0.1) is 0 Å². The quantitative estimate of drug-likeness (QED) is 0.763. The van der Waals surface area contributed by atoms with Gasteiger partial charge in [-0.2, -0.15) is 4.37 Å². The highest BCUT2D eigenvalue weighted by Gasteiger charge is 2.32. The van der Waals surface area contributed by atoms with Gasteiger partial charge in [-0.05, 0) is 18.5 Å². The summed E-state index contributed by atoms with van der Waals surface area (Å²) < 4.78 is 4.14. The van der Waals surface area contributed by atoms with Crippen LogP contribution in [0.2, 0.25) is 0 Å². The van der Waals surface area contributed by atoms with Gasteiger partial charge in [0, 0.05) is 20.1 Å². The van der Waals surface area contributed by atoms with E-state index >= 15 is 0 Å². The first kappa shape index (κ1) is 10.4. The summed E-state index contributed by atoms with van der Waals surface area (Å²) in [5.74, 6) is -0.0455. The molecule has 1 fully saturated rings. The topological polar surface area (TPSA) is 65.5 Å². The number of nitrogens with one attached hydrogen (secondary N) is 1. The van der Waals surface area contributed by atoms with Crippen LogP contribution in [0.3, 0.4) is 0 Å². The molecule has 0 bridgehead atoms. The summed E-state index contributed by atoms with van der Waals surface area (Å²) in [5.41, 5.74) is 1.38. The zero-order valence-electron chi connectivity index (χ0n) is 8.65. The van der Waals surface area contributed by atoms with E-state index in [1.165, 1.54) is 11.5 Å². The van der Waals surface area contributed by atoms with Crippen LogP contribution in [-0.4, -0.2) is 46.5 Å². The molecule has 0 radical (unpaired) electrons. The maximum Gasteiger partial charge on any atom is 0.258 e. The van der Waals surface area contributed by atoms with Crippen molar-refractivity contribution in [2.24, 2.45) is 0 Å². The van der Waals surface area contributed by atoms with E-state index in [-0.39, 0.29) is 12.0 Å². The highest BCUT2D eigenvalue weighted by Crippen LogP contribution is 2.26. The predicted molar refractivity (Wildman–Crippen MR) is 58.3 cm³/mol. The molecule has 0 aromatic carbocycles. The van der Waals surface area contributed by atoms with E-state index < -0.39 is 0 Å². The molecule has 0 spiro atoms. The second-order valence-corrected chi connectivity index (χ2v) is 4.36.